The molecule has 0 bridgehead atoms. The first kappa shape index (κ1) is 25.7. The summed E-state index contributed by atoms with van der Waals surface area (Å²) in [5.74, 6) is 0.972. The number of halogens is 1. The minimum absolute atomic E-state index is 0. The Morgan fingerprint density at radius 3 is 2.38 bits per heavy atom. The highest BCUT2D eigenvalue weighted by molar-refractivity contribution is 14.0. The highest BCUT2D eigenvalue weighted by Gasteiger charge is 2.38. The van der Waals surface area contributed by atoms with Crippen LogP contribution in [-0.2, 0) is 11.3 Å². The van der Waals surface area contributed by atoms with Crippen LogP contribution in [0, 0.1) is 0 Å². The van der Waals surface area contributed by atoms with E-state index in [2.05, 4.69) is 55.8 Å². The van der Waals surface area contributed by atoms with Crippen LogP contribution in [0.5, 0.6) is 0 Å². The molecular formula is C25H42IN5O. The molecule has 3 fully saturated rings. The molecule has 4 rings (SSSR count). The summed E-state index contributed by atoms with van der Waals surface area (Å²) in [7, 11) is 1.90. The maximum absolute atomic E-state index is 5.63. The van der Waals surface area contributed by atoms with E-state index in [4.69, 9.17) is 4.74 Å². The highest BCUT2D eigenvalue weighted by atomic mass is 127. The van der Waals surface area contributed by atoms with Crippen LogP contribution >= 0.6 is 24.0 Å². The number of rotatable bonds is 6. The van der Waals surface area contributed by atoms with Gasteiger partial charge >= 0.3 is 0 Å². The number of morpholine rings is 1. The van der Waals surface area contributed by atoms with Crippen LogP contribution < -0.4 is 10.6 Å². The third-order valence-electron chi connectivity index (χ3n) is 7.45. The third kappa shape index (κ3) is 7.05. The van der Waals surface area contributed by atoms with Crippen molar-refractivity contribution in [1.29, 1.82) is 0 Å². The normalized spacial score (nSPS) is 23.3. The van der Waals surface area contributed by atoms with Gasteiger partial charge in [0.1, 0.15) is 0 Å². The minimum Gasteiger partial charge on any atom is -0.379 e. The molecule has 1 aromatic rings. The van der Waals surface area contributed by atoms with Gasteiger partial charge in [-0.3, -0.25) is 14.8 Å². The van der Waals surface area contributed by atoms with Crippen LogP contribution in [0.4, 0.5) is 0 Å². The standard InChI is InChI=1S/C25H41N5O.HI/c1-26-24(27-21-25(12-6-3-7-13-25)30-16-18-31-19-17-30)28-23-10-14-29(15-11-23)20-22-8-4-2-5-9-22;/h2,4-5,8-9,23H,3,6-7,10-21H2,1H3,(H2,26,27,28);1H. The number of hydrogen-bond acceptors (Lipinski definition) is 4. The molecule has 0 aromatic heterocycles. The van der Waals surface area contributed by atoms with Gasteiger partial charge in [0.25, 0.3) is 0 Å². The van der Waals surface area contributed by atoms with Gasteiger partial charge in [-0.2, -0.15) is 0 Å². The molecule has 3 aliphatic rings. The fourth-order valence-corrected chi connectivity index (χ4v) is 5.57. The Hall–Kier alpha value is -0.900. The third-order valence-corrected chi connectivity index (χ3v) is 7.45. The van der Waals surface area contributed by atoms with E-state index in [1.165, 1.54) is 50.5 Å². The first-order chi connectivity index (χ1) is 15.3. The van der Waals surface area contributed by atoms with E-state index in [0.29, 0.717) is 6.04 Å². The molecule has 32 heavy (non-hydrogen) atoms. The SMILES string of the molecule is CN=C(NCC1(N2CCOCC2)CCCCC1)NC1CCN(Cc2ccccc2)CC1.I. The van der Waals surface area contributed by atoms with Crippen LogP contribution in [-0.4, -0.2) is 80.3 Å². The van der Waals surface area contributed by atoms with Crippen LogP contribution in [0.3, 0.4) is 0 Å². The number of guanidine groups is 1. The zero-order valence-corrected chi connectivity index (χ0v) is 22.1. The van der Waals surface area contributed by atoms with Crippen LogP contribution in [0.15, 0.2) is 35.3 Å². The molecule has 1 aliphatic carbocycles. The number of nitrogens with zero attached hydrogens (tertiary/aromatic N) is 3. The molecule has 7 heteroatoms. The number of piperidine rings is 1. The van der Waals surface area contributed by atoms with Crippen LogP contribution in [0.2, 0.25) is 0 Å². The largest absolute Gasteiger partial charge is 0.379 e. The minimum atomic E-state index is 0. The zero-order chi connectivity index (χ0) is 21.4. The summed E-state index contributed by atoms with van der Waals surface area (Å²) in [5.41, 5.74) is 1.67. The molecule has 2 heterocycles. The number of benzene rings is 1. The van der Waals surface area contributed by atoms with Crippen molar-refractivity contribution >= 4 is 29.9 Å². The van der Waals surface area contributed by atoms with Crippen molar-refractivity contribution in [3.8, 4) is 0 Å². The predicted octanol–water partition coefficient (Wildman–Crippen LogP) is 3.47. The average Bonchev–Trinajstić information content (AvgIpc) is 2.84. The summed E-state index contributed by atoms with van der Waals surface area (Å²) >= 11 is 0. The molecule has 2 saturated heterocycles. The molecule has 0 radical (unpaired) electrons. The average molecular weight is 556 g/mol. The van der Waals surface area contributed by atoms with Crippen molar-refractivity contribution in [2.45, 2.75) is 63.1 Å². The maximum Gasteiger partial charge on any atom is 0.191 e. The lowest BCUT2D eigenvalue weighted by molar-refractivity contribution is -0.0353. The number of ether oxygens (including phenoxy) is 1. The summed E-state index contributed by atoms with van der Waals surface area (Å²) in [6, 6.07) is 11.3. The molecule has 180 valence electrons. The molecule has 2 N–H and O–H groups in total. The van der Waals surface area contributed by atoms with Crippen LogP contribution in [0.25, 0.3) is 0 Å². The fourth-order valence-electron chi connectivity index (χ4n) is 5.57. The lowest BCUT2D eigenvalue weighted by atomic mass is 9.80. The van der Waals surface area contributed by atoms with Crippen molar-refractivity contribution in [2.24, 2.45) is 4.99 Å². The Kier molecular flexibility index (Phi) is 10.5. The fraction of sp³-hybridized carbons (Fsp3) is 0.720. The van der Waals surface area contributed by atoms with Crippen LogP contribution in [0.1, 0.15) is 50.5 Å². The summed E-state index contributed by atoms with van der Waals surface area (Å²) < 4.78 is 5.63. The molecule has 1 saturated carbocycles. The molecular weight excluding hydrogens is 513 g/mol. The first-order valence-corrected chi connectivity index (χ1v) is 12.3. The molecule has 0 amide bonds. The molecule has 0 unspecified atom stereocenters. The van der Waals surface area contributed by atoms with Gasteiger partial charge in [-0.15, -0.1) is 24.0 Å². The lowest BCUT2D eigenvalue weighted by Crippen LogP contribution is -2.61. The van der Waals surface area contributed by atoms with Gasteiger partial charge in [-0.05, 0) is 31.2 Å². The number of likely N-dealkylation sites (tertiary alicyclic amines) is 1. The molecule has 0 atom stereocenters. The van der Waals surface area contributed by atoms with Gasteiger partial charge in [0.15, 0.2) is 5.96 Å². The smallest absolute Gasteiger partial charge is 0.191 e. The van der Waals surface area contributed by atoms with Crippen molar-refractivity contribution in [3.63, 3.8) is 0 Å². The van der Waals surface area contributed by atoms with E-state index in [1.54, 1.807) is 0 Å². The summed E-state index contributed by atoms with van der Waals surface area (Å²) in [6.07, 6.45) is 8.96. The zero-order valence-electron chi connectivity index (χ0n) is 19.7. The van der Waals surface area contributed by atoms with E-state index >= 15 is 0 Å². The molecule has 1 aromatic carbocycles. The van der Waals surface area contributed by atoms with Crippen molar-refractivity contribution in [2.75, 3.05) is 53.0 Å². The van der Waals surface area contributed by atoms with Gasteiger partial charge in [-0.1, -0.05) is 49.6 Å². The molecule has 2 aliphatic heterocycles. The topological polar surface area (TPSA) is 52.1 Å². The lowest BCUT2D eigenvalue weighted by Gasteiger charge is -2.48. The van der Waals surface area contributed by atoms with E-state index in [1.807, 2.05) is 7.05 Å². The number of aliphatic imine (C=N–C) groups is 1. The van der Waals surface area contributed by atoms with E-state index in [9.17, 15) is 0 Å². The van der Waals surface area contributed by atoms with E-state index in [-0.39, 0.29) is 29.5 Å². The molecule has 6 nitrogen and oxygen atoms in total. The Bertz CT molecular complexity index is 681. The van der Waals surface area contributed by atoms with Gasteiger partial charge in [0.2, 0.25) is 0 Å². The van der Waals surface area contributed by atoms with E-state index < -0.39 is 0 Å². The summed E-state index contributed by atoms with van der Waals surface area (Å²) in [4.78, 5) is 9.83. The number of hydrogen-bond donors (Lipinski definition) is 2. The summed E-state index contributed by atoms with van der Waals surface area (Å²) in [6.45, 7) is 8.19. The van der Waals surface area contributed by atoms with Gasteiger partial charge in [-0.25, -0.2) is 0 Å². The predicted molar refractivity (Wildman–Crippen MR) is 143 cm³/mol. The summed E-state index contributed by atoms with van der Waals surface area (Å²) in [5, 5.41) is 7.44. The van der Waals surface area contributed by atoms with Gasteiger partial charge < -0.3 is 15.4 Å². The Labute approximate surface area is 211 Å². The quantitative estimate of drug-likeness (QED) is 0.320. The van der Waals surface area contributed by atoms with Crippen molar-refractivity contribution in [1.82, 2.24) is 20.4 Å². The van der Waals surface area contributed by atoms with Gasteiger partial charge in [0, 0.05) is 57.9 Å². The maximum atomic E-state index is 5.63. The second kappa shape index (κ2) is 13.1. The highest BCUT2D eigenvalue weighted by Crippen LogP contribution is 2.33. The second-order valence-electron chi connectivity index (χ2n) is 9.49. The Balaban J connectivity index is 0.00000289. The van der Waals surface area contributed by atoms with Gasteiger partial charge in [0.05, 0.1) is 13.2 Å². The van der Waals surface area contributed by atoms with Crippen molar-refractivity contribution in [3.05, 3.63) is 35.9 Å². The van der Waals surface area contributed by atoms with E-state index in [0.717, 1.165) is 58.4 Å². The Morgan fingerprint density at radius 2 is 1.72 bits per heavy atom. The first-order valence-electron chi connectivity index (χ1n) is 12.3. The Morgan fingerprint density at radius 1 is 1.03 bits per heavy atom. The molecule has 0 spiro atoms. The van der Waals surface area contributed by atoms with Crippen molar-refractivity contribution < 1.29 is 4.74 Å². The number of nitrogens with one attached hydrogen (secondary N) is 2. The second-order valence-corrected chi connectivity index (χ2v) is 9.49. The monoisotopic (exact) mass is 555 g/mol.